The van der Waals surface area contributed by atoms with Crippen molar-refractivity contribution in [3.63, 3.8) is 0 Å². The zero-order valence-electron chi connectivity index (χ0n) is 22.2. The van der Waals surface area contributed by atoms with Crippen molar-refractivity contribution >= 4 is 11.9 Å². The van der Waals surface area contributed by atoms with Crippen LogP contribution >= 0.6 is 0 Å². The second-order valence-corrected chi connectivity index (χ2v) is 7.44. The number of amides is 1. The van der Waals surface area contributed by atoms with Gasteiger partial charge in [-0.2, -0.15) is 0 Å². The predicted molar refractivity (Wildman–Crippen MR) is 132 cm³/mol. The molecule has 15 heteroatoms. The van der Waals surface area contributed by atoms with Gasteiger partial charge in [-0.15, -0.1) is 0 Å². The van der Waals surface area contributed by atoms with Gasteiger partial charge in [0.25, 0.3) is 0 Å². The van der Waals surface area contributed by atoms with Crippen LogP contribution in [0.3, 0.4) is 0 Å². The van der Waals surface area contributed by atoms with Crippen molar-refractivity contribution in [3.05, 3.63) is 0 Å². The van der Waals surface area contributed by atoms with Crippen molar-refractivity contribution in [2.75, 3.05) is 99.1 Å². The first-order valence-electron chi connectivity index (χ1n) is 11.8. The van der Waals surface area contributed by atoms with Crippen LogP contribution in [-0.4, -0.2) is 153 Å². The van der Waals surface area contributed by atoms with Gasteiger partial charge in [-0.3, -0.25) is 4.79 Å². The molecule has 0 heterocycles. The highest BCUT2D eigenvalue weighted by molar-refractivity contribution is 5.78. The third kappa shape index (κ3) is 24.6. The molecule has 0 aliphatic carbocycles. The minimum atomic E-state index is -1.40. The van der Waals surface area contributed by atoms with Crippen molar-refractivity contribution < 1.29 is 63.9 Å². The molecule has 0 aromatic rings. The number of aliphatic hydroxyl groups excluding tert-OH is 6. The molecule has 0 saturated heterocycles. The SMILES string of the molecule is CCOCCOCC(=O)NC(CO)(CO)CO.CCOCCOCC(=O)OCC.NC(CO)(CO)CO. The molecule has 0 unspecified atom stereocenters. The Balaban J connectivity index is -0.000000504. The van der Waals surface area contributed by atoms with Crippen LogP contribution in [0.4, 0.5) is 0 Å². The van der Waals surface area contributed by atoms with Gasteiger partial charge < -0.3 is 65.4 Å². The lowest BCUT2D eigenvalue weighted by Crippen LogP contribution is -2.57. The van der Waals surface area contributed by atoms with Gasteiger partial charge in [-0.05, 0) is 20.8 Å². The molecule has 0 aromatic heterocycles. The van der Waals surface area contributed by atoms with Crippen LogP contribution in [-0.2, 0) is 33.3 Å². The fourth-order valence-corrected chi connectivity index (χ4v) is 1.80. The summed E-state index contributed by atoms with van der Waals surface area (Å²) in [6.45, 7) is 5.75. The van der Waals surface area contributed by atoms with Gasteiger partial charge in [0.05, 0.1) is 78.2 Å². The largest absolute Gasteiger partial charge is 0.464 e. The summed E-state index contributed by atoms with van der Waals surface area (Å²) in [5.41, 5.74) is 2.54. The third-order valence-corrected chi connectivity index (χ3v) is 4.17. The van der Waals surface area contributed by atoms with E-state index in [1.807, 2.05) is 13.8 Å². The second-order valence-electron chi connectivity index (χ2n) is 7.44. The van der Waals surface area contributed by atoms with Crippen LogP contribution in [0.1, 0.15) is 20.8 Å². The van der Waals surface area contributed by atoms with Crippen molar-refractivity contribution in [3.8, 4) is 0 Å². The number of esters is 1. The molecule has 37 heavy (non-hydrogen) atoms. The van der Waals surface area contributed by atoms with E-state index in [1.165, 1.54) is 0 Å². The van der Waals surface area contributed by atoms with Gasteiger partial charge >= 0.3 is 5.97 Å². The molecule has 0 atom stereocenters. The summed E-state index contributed by atoms with van der Waals surface area (Å²) in [7, 11) is 0. The number of carbonyl (C=O) groups excluding carboxylic acids is 2. The minimum absolute atomic E-state index is 0.0148. The van der Waals surface area contributed by atoms with Gasteiger partial charge in [0.2, 0.25) is 5.91 Å². The summed E-state index contributed by atoms with van der Waals surface area (Å²) < 4.78 is 24.6. The topological polar surface area (TPSA) is 240 Å². The predicted octanol–water partition coefficient (Wildman–Crippen LogP) is -3.87. The Bertz CT molecular complexity index is 502. The zero-order valence-corrected chi connectivity index (χ0v) is 22.2. The lowest BCUT2D eigenvalue weighted by atomic mass is 10.0. The van der Waals surface area contributed by atoms with Gasteiger partial charge in [-0.1, -0.05) is 0 Å². The average Bonchev–Trinajstić information content (AvgIpc) is 2.92. The van der Waals surface area contributed by atoms with Gasteiger partial charge in [0, 0.05) is 13.2 Å². The molecule has 0 radical (unpaired) electrons. The Morgan fingerprint density at radius 1 is 0.649 bits per heavy atom. The highest BCUT2D eigenvalue weighted by Gasteiger charge is 2.29. The summed E-state index contributed by atoms with van der Waals surface area (Å²) in [5.74, 6) is -0.840. The van der Waals surface area contributed by atoms with Crippen molar-refractivity contribution in [2.24, 2.45) is 5.73 Å². The lowest BCUT2D eigenvalue weighted by Gasteiger charge is -2.28. The maximum Gasteiger partial charge on any atom is 0.332 e. The molecule has 224 valence electrons. The number of carbonyl (C=O) groups is 2. The van der Waals surface area contributed by atoms with Crippen LogP contribution in [0, 0.1) is 0 Å². The highest BCUT2D eigenvalue weighted by Crippen LogP contribution is 2.01. The number of nitrogens with two attached hydrogens (primary N) is 1. The number of hydrogen-bond acceptors (Lipinski definition) is 14. The van der Waals surface area contributed by atoms with Crippen LogP contribution < -0.4 is 11.1 Å². The summed E-state index contributed by atoms with van der Waals surface area (Å²) in [6, 6.07) is 0. The Kier molecular flexibility index (Phi) is 29.8. The van der Waals surface area contributed by atoms with E-state index in [-0.39, 0.29) is 25.8 Å². The lowest BCUT2D eigenvalue weighted by molar-refractivity contribution is -0.148. The molecular weight excluding hydrogens is 500 g/mol. The van der Waals surface area contributed by atoms with E-state index in [9.17, 15) is 9.59 Å². The first kappa shape index (κ1) is 40.0. The molecule has 0 rings (SSSR count). The molecule has 0 aliphatic heterocycles. The monoisotopic (exact) mass is 548 g/mol. The van der Waals surface area contributed by atoms with E-state index >= 15 is 0 Å². The van der Waals surface area contributed by atoms with E-state index in [4.69, 9.17) is 55.3 Å². The van der Waals surface area contributed by atoms with E-state index in [0.29, 0.717) is 39.6 Å². The molecule has 15 nitrogen and oxygen atoms in total. The Hall–Kier alpha value is -1.50. The first-order chi connectivity index (χ1) is 17.6. The fraction of sp³-hybridized carbons (Fsp3) is 0.909. The van der Waals surface area contributed by atoms with Gasteiger partial charge in [0.1, 0.15) is 18.8 Å². The number of hydrogen-bond donors (Lipinski definition) is 8. The number of ether oxygens (including phenoxy) is 5. The van der Waals surface area contributed by atoms with Crippen molar-refractivity contribution in [1.82, 2.24) is 5.32 Å². The molecule has 0 fully saturated rings. The average molecular weight is 549 g/mol. The standard InChI is InChI=1S/C10H21NO6.C8H16O4.C4H11NO3/c1-2-16-3-4-17-5-9(15)11-10(6-12,7-13)8-14;1-3-10-5-6-11-7-8(9)12-4-2;5-4(1-6,2-7)3-8/h12-14H,2-8H2,1H3,(H,11,15);3-7H2,1-2H3;6-8H,1-3,5H2. The van der Waals surface area contributed by atoms with E-state index in [2.05, 4.69) is 10.1 Å². The second kappa shape index (κ2) is 27.5. The Morgan fingerprint density at radius 3 is 1.38 bits per heavy atom. The summed E-state index contributed by atoms with van der Waals surface area (Å²) in [5, 5.41) is 54.3. The molecule has 0 aliphatic rings. The van der Waals surface area contributed by atoms with Crippen LogP contribution in [0.2, 0.25) is 0 Å². The molecule has 0 saturated carbocycles. The maximum atomic E-state index is 11.4. The quantitative estimate of drug-likeness (QED) is 0.0536. The number of rotatable bonds is 20. The molecule has 0 aromatic carbocycles. The van der Waals surface area contributed by atoms with E-state index in [1.54, 1.807) is 6.92 Å². The minimum Gasteiger partial charge on any atom is -0.464 e. The third-order valence-electron chi connectivity index (χ3n) is 4.17. The fourth-order valence-electron chi connectivity index (χ4n) is 1.80. The zero-order chi connectivity index (χ0) is 29.0. The number of nitrogens with one attached hydrogen (secondary N) is 1. The molecule has 1 amide bonds. The van der Waals surface area contributed by atoms with Crippen LogP contribution in [0.15, 0.2) is 0 Å². The smallest absolute Gasteiger partial charge is 0.332 e. The van der Waals surface area contributed by atoms with Crippen LogP contribution in [0.25, 0.3) is 0 Å². The Labute approximate surface area is 218 Å². The molecular formula is C22H48N2O13. The van der Waals surface area contributed by atoms with Crippen LogP contribution in [0.5, 0.6) is 0 Å². The van der Waals surface area contributed by atoms with E-state index in [0.717, 1.165) is 0 Å². The summed E-state index contributed by atoms with van der Waals surface area (Å²) >= 11 is 0. The molecule has 0 spiro atoms. The summed E-state index contributed by atoms with van der Waals surface area (Å²) in [6.07, 6.45) is 0. The normalized spacial score (nSPS) is 11.1. The van der Waals surface area contributed by atoms with Gasteiger partial charge in [0.15, 0.2) is 0 Å². The van der Waals surface area contributed by atoms with Crippen molar-refractivity contribution in [1.29, 1.82) is 0 Å². The highest BCUT2D eigenvalue weighted by atomic mass is 16.6. The molecule has 0 bridgehead atoms. The first-order valence-corrected chi connectivity index (χ1v) is 11.8. The molecule has 9 N–H and O–H groups in total. The maximum absolute atomic E-state index is 11.4. The van der Waals surface area contributed by atoms with Gasteiger partial charge in [-0.25, -0.2) is 4.79 Å². The van der Waals surface area contributed by atoms with Crippen molar-refractivity contribution in [2.45, 2.75) is 31.8 Å². The summed E-state index contributed by atoms with van der Waals surface area (Å²) in [4.78, 5) is 22.0. The van der Waals surface area contributed by atoms with E-state index < -0.39 is 56.6 Å². The Morgan fingerprint density at radius 2 is 1.05 bits per heavy atom. The number of aliphatic hydroxyl groups is 6.